The number of aromatic nitrogens is 2. The summed E-state index contributed by atoms with van der Waals surface area (Å²) >= 11 is 0. The molecule has 5 heterocycles. The molecule has 6 rings (SSSR count). The number of hydrogen-bond donors (Lipinski definition) is 0. The number of carbonyl (C=O) groups excluding carboxylic acids is 1. The van der Waals surface area contributed by atoms with E-state index in [4.69, 9.17) is 9.72 Å². The van der Waals surface area contributed by atoms with E-state index < -0.39 is 5.60 Å². The molecular formula is C32H39N7O2. The van der Waals surface area contributed by atoms with Crippen LogP contribution in [0.25, 0.3) is 10.9 Å². The number of ether oxygens (including phenoxy) is 1. The smallest absolute Gasteiger partial charge is 0.410 e. The molecule has 0 spiro atoms. The molecule has 2 aromatic heterocycles. The highest BCUT2D eigenvalue weighted by Crippen LogP contribution is 2.32. The average Bonchev–Trinajstić information content (AvgIpc) is 2.95. The zero-order chi connectivity index (χ0) is 28.7. The largest absolute Gasteiger partial charge is 0.444 e. The Morgan fingerprint density at radius 3 is 2.78 bits per heavy atom. The van der Waals surface area contributed by atoms with Crippen molar-refractivity contribution < 1.29 is 9.53 Å². The van der Waals surface area contributed by atoms with Crippen LogP contribution in [-0.4, -0.2) is 87.7 Å². The minimum Gasteiger partial charge on any atom is -0.444 e. The lowest BCUT2D eigenvalue weighted by Gasteiger charge is -2.51. The van der Waals surface area contributed by atoms with Crippen LogP contribution < -0.4 is 4.90 Å². The minimum atomic E-state index is -0.504. The van der Waals surface area contributed by atoms with Crippen molar-refractivity contribution in [3.63, 3.8) is 0 Å². The molecule has 0 unspecified atom stereocenters. The van der Waals surface area contributed by atoms with Crippen molar-refractivity contribution >= 4 is 22.7 Å². The first-order valence-corrected chi connectivity index (χ1v) is 14.6. The highest BCUT2D eigenvalue weighted by molar-refractivity contribution is 5.95. The number of pyridine rings is 2. The maximum atomic E-state index is 12.7. The second-order valence-electron chi connectivity index (χ2n) is 12.6. The number of anilines is 1. The van der Waals surface area contributed by atoms with E-state index in [1.807, 2.05) is 39.1 Å². The predicted molar refractivity (Wildman–Crippen MR) is 158 cm³/mol. The van der Waals surface area contributed by atoms with E-state index in [1.165, 1.54) is 5.56 Å². The van der Waals surface area contributed by atoms with Crippen LogP contribution >= 0.6 is 0 Å². The van der Waals surface area contributed by atoms with E-state index in [-0.39, 0.29) is 6.09 Å². The van der Waals surface area contributed by atoms with Gasteiger partial charge in [-0.1, -0.05) is 0 Å². The van der Waals surface area contributed by atoms with Crippen molar-refractivity contribution in [2.24, 2.45) is 0 Å². The molecule has 0 radical (unpaired) electrons. The Labute approximate surface area is 242 Å². The van der Waals surface area contributed by atoms with Gasteiger partial charge in [-0.15, -0.1) is 0 Å². The van der Waals surface area contributed by atoms with Gasteiger partial charge in [-0.05, 0) is 69.2 Å². The second-order valence-corrected chi connectivity index (χ2v) is 12.6. The van der Waals surface area contributed by atoms with Crippen LogP contribution in [0.3, 0.4) is 0 Å². The maximum Gasteiger partial charge on any atom is 0.410 e. The molecule has 3 aliphatic heterocycles. The van der Waals surface area contributed by atoms with Crippen LogP contribution in [0.2, 0.25) is 0 Å². The number of carbonyl (C=O) groups is 1. The normalized spacial score (nSPS) is 21.7. The summed E-state index contributed by atoms with van der Waals surface area (Å²) < 4.78 is 5.61. The van der Waals surface area contributed by atoms with Gasteiger partial charge in [0.15, 0.2) is 0 Å². The fraction of sp³-hybridized carbons (Fsp3) is 0.500. The fourth-order valence-electron chi connectivity index (χ4n) is 6.60. The minimum absolute atomic E-state index is 0.258. The SMILES string of the molecule is C[C@@H]1CN(c2ccc(C#N)c3ncccc23)C[C@@H]2CN(Cc3cnc4c(c3)CN(C(=O)OC(C)(C)C)CC4)CCN21. The molecule has 2 saturated heterocycles. The van der Waals surface area contributed by atoms with Crippen molar-refractivity contribution in [3.05, 3.63) is 65.1 Å². The maximum absolute atomic E-state index is 12.7. The van der Waals surface area contributed by atoms with Crippen molar-refractivity contribution in [1.82, 2.24) is 24.7 Å². The van der Waals surface area contributed by atoms with E-state index >= 15 is 0 Å². The highest BCUT2D eigenvalue weighted by atomic mass is 16.6. The summed E-state index contributed by atoms with van der Waals surface area (Å²) in [7, 11) is 0. The van der Waals surface area contributed by atoms with E-state index in [9.17, 15) is 10.1 Å². The first-order chi connectivity index (χ1) is 19.7. The summed E-state index contributed by atoms with van der Waals surface area (Å²) in [6.45, 7) is 15.0. The van der Waals surface area contributed by atoms with E-state index in [0.29, 0.717) is 30.7 Å². The molecule has 1 aromatic carbocycles. The second kappa shape index (κ2) is 10.9. The molecule has 3 aliphatic rings. The predicted octanol–water partition coefficient (Wildman–Crippen LogP) is 4.19. The highest BCUT2D eigenvalue weighted by Gasteiger charge is 2.37. The van der Waals surface area contributed by atoms with Gasteiger partial charge >= 0.3 is 6.09 Å². The van der Waals surface area contributed by atoms with Crippen LogP contribution in [-0.2, 0) is 24.2 Å². The number of rotatable bonds is 3. The van der Waals surface area contributed by atoms with Gasteiger partial charge in [0.05, 0.1) is 17.6 Å². The summed E-state index contributed by atoms with van der Waals surface area (Å²) in [5, 5.41) is 10.6. The topological polar surface area (TPSA) is 88.8 Å². The summed E-state index contributed by atoms with van der Waals surface area (Å²) in [6, 6.07) is 13.4. The lowest BCUT2D eigenvalue weighted by atomic mass is 10.00. The molecule has 2 fully saturated rings. The van der Waals surface area contributed by atoms with Gasteiger partial charge in [0.25, 0.3) is 0 Å². The zero-order valence-corrected chi connectivity index (χ0v) is 24.5. The van der Waals surface area contributed by atoms with Crippen LogP contribution in [0, 0.1) is 11.3 Å². The van der Waals surface area contributed by atoms with Crippen molar-refractivity contribution in [1.29, 1.82) is 5.26 Å². The van der Waals surface area contributed by atoms with Crippen molar-refractivity contribution in [2.45, 2.75) is 64.9 Å². The summed E-state index contributed by atoms with van der Waals surface area (Å²) in [4.78, 5) is 31.4. The van der Waals surface area contributed by atoms with Gasteiger partial charge in [-0.25, -0.2) is 4.79 Å². The molecule has 0 aliphatic carbocycles. The average molecular weight is 554 g/mol. The number of hydrogen-bond acceptors (Lipinski definition) is 8. The number of nitrogens with zero attached hydrogens (tertiary/aromatic N) is 7. The Hall–Kier alpha value is -3.74. The lowest BCUT2D eigenvalue weighted by Crippen LogP contribution is -2.65. The van der Waals surface area contributed by atoms with E-state index in [2.05, 4.69) is 50.9 Å². The first-order valence-electron chi connectivity index (χ1n) is 14.6. The third kappa shape index (κ3) is 5.72. The standard InChI is InChI=1S/C32H39N7O2/c1-22-17-38(29-8-7-24(15-33)30-27(29)6-5-10-34-30)21-26-20-36(12-13-39(22)26)18-23-14-25-19-37(11-9-28(25)35-16-23)31(40)41-32(2,3)4/h5-8,10,14,16,22,26H,9,11-13,17-21H2,1-4H3/t22-,26+/m1/s1. The molecule has 0 N–H and O–H groups in total. The molecule has 214 valence electrons. The molecule has 2 atom stereocenters. The molecule has 0 saturated carbocycles. The molecule has 1 amide bonds. The molecule has 3 aromatic rings. The Balaban J connectivity index is 1.15. The molecule has 0 bridgehead atoms. The zero-order valence-electron chi connectivity index (χ0n) is 24.5. The molecule has 9 nitrogen and oxygen atoms in total. The summed E-state index contributed by atoms with van der Waals surface area (Å²) in [5.74, 6) is 0. The third-order valence-corrected chi connectivity index (χ3v) is 8.46. The fourth-order valence-corrected chi connectivity index (χ4v) is 6.60. The summed E-state index contributed by atoms with van der Waals surface area (Å²) in [6.07, 6.45) is 4.27. The quantitative estimate of drug-likeness (QED) is 0.477. The van der Waals surface area contributed by atoms with Crippen LogP contribution in [0.1, 0.15) is 50.1 Å². The van der Waals surface area contributed by atoms with Gasteiger partial charge < -0.3 is 14.5 Å². The number of piperazine rings is 2. The van der Waals surface area contributed by atoms with Gasteiger partial charge in [-0.3, -0.25) is 19.8 Å². The van der Waals surface area contributed by atoms with Crippen LogP contribution in [0.4, 0.5) is 10.5 Å². The number of nitriles is 1. The lowest BCUT2D eigenvalue weighted by molar-refractivity contribution is 0.0221. The van der Waals surface area contributed by atoms with Gasteiger partial charge in [0, 0.05) is 93.5 Å². The van der Waals surface area contributed by atoms with Crippen LogP contribution in [0.5, 0.6) is 0 Å². The van der Waals surface area contributed by atoms with E-state index in [1.54, 1.807) is 11.1 Å². The molecule has 41 heavy (non-hydrogen) atoms. The summed E-state index contributed by atoms with van der Waals surface area (Å²) in [5.41, 5.74) is 5.44. The van der Waals surface area contributed by atoms with Gasteiger partial charge in [0.1, 0.15) is 11.7 Å². The Bertz CT molecular complexity index is 1490. The molecular weight excluding hydrogens is 514 g/mol. The monoisotopic (exact) mass is 553 g/mol. The van der Waals surface area contributed by atoms with Crippen molar-refractivity contribution in [3.8, 4) is 6.07 Å². The third-order valence-electron chi connectivity index (χ3n) is 8.46. The van der Waals surface area contributed by atoms with Gasteiger partial charge in [0.2, 0.25) is 0 Å². The van der Waals surface area contributed by atoms with E-state index in [0.717, 1.165) is 73.5 Å². The Morgan fingerprint density at radius 2 is 1.98 bits per heavy atom. The van der Waals surface area contributed by atoms with Crippen molar-refractivity contribution in [2.75, 3.05) is 44.2 Å². The number of fused-ring (bicyclic) bond motifs is 3. The number of benzene rings is 1. The Morgan fingerprint density at radius 1 is 1.12 bits per heavy atom. The number of amides is 1. The first kappa shape index (κ1) is 27.4. The van der Waals surface area contributed by atoms with Crippen LogP contribution in [0.15, 0.2) is 42.7 Å². The Kier molecular flexibility index (Phi) is 7.30. The van der Waals surface area contributed by atoms with Gasteiger partial charge in [-0.2, -0.15) is 5.26 Å². The molecule has 9 heteroatoms.